The van der Waals surface area contributed by atoms with Gasteiger partial charge in [-0.25, -0.2) is 14.5 Å². The van der Waals surface area contributed by atoms with Crippen LogP contribution in [0.2, 0.25) is 0 Å². The normalized spacial score (nSPS) is 14.2. The van der Waals surface area contributed by atoms with Crippen LogP contribution in [0, 0.1) is 20.2 Å². The third-order valence-electron chi connectivity index (χ3n) is 6.25. The molecule has 0 aromatic heterocycles. The van der Waals surface area contributed by atoms with Gasteiger partial charge in [-0.3, -0.25) is 53.9 Å². The van der Waals surface area contributed by atoms with Crippen LogP contribution >= 0.6 is 0 Å². The molecule has 0 atom stereocenters. The van der Waals surface area contributed by atoms with E-state index in [1.54, 1.807) is 6.07 Å². The largest absolute Gasteiger partial charge is 0.481 e. The topological polar surface area (TPSA) is 303 Å². The lowest BCUT2D eigenvalue weighted by Gasteiger charge is -2.32. The number of urea groups is 2. The number of carbonyl (C=O) groups is 8. The molecule has 1 aliphatic heterocycles. The molecule has 52 heavy (non-hydrogen) atoms. The van der Waals surface area contributed by atoms with Crippen LogP contribution in [0.4, 0.5) is 32.3 Å². The van der Waals surface area contributed by atoms with Crippen molar-refractivity contribution in [1.29, 1.82) is 0 Å². The van der Waals surface area contributed by atoms with E-state index < -0.39 is 64.4 Å². The first-order valence-electron chi connectivity index (χ1n) is 14.8. The van der Waals surface area contributed by atoms with Gasteiger partial charge in [0.05, 0.1) is 15.5 Å². The zero-order valence-electron chi connectivity index (χ0n) is 27.0. The van der Waals surface area contributed by atoms with E-state index in [9.17, 15) is 58.6 Å². The lowest BCUT2D eigenvalue weighted by atomic mass is 10.2. The Morgan fingerprint density at radius 3 is 1.77 bits per heavy atom. The van der Waals surface area contributed by atoms with Crippen molar-refractivity contribution >= 4 is 70.5 Å². The maximum absolute atomic E-state index is 12.3. The fraction of sp³-hybridized carbons (Fsp3) is 0.355. The number of anilines is 2. The molecule has 5 rings (SSSR count). The maximum Gasteiger partial charge on any atom is 0.338 e. The van der Waals surface area contributed by atoms with Gasteiger partial charge < -0.3 is 25.6 Å². The molecule has 2 aromatic carbocycles. The van der Waals surface area contributed by atoms with Crippen LogP contribution < -0.4 is 15.5 Å². The lowest BCUT2D eigenvalue weighted by molar-refractivity contribution is -0.385. The van der Waals surface area contributed by atoms with Gasteiger partial charge in [0.2, 0.25) is 11.8 Å². The van der Waals surface area contributed by atoms with E-state index in [-0.39, 0.29) is 42.6 Å². The zero-order chi connectivity index (χ0) is 38.4. The Bertz CT molecular complexity index is 1670. The summed E-state index contributed by atoms with van der Waals surface area (Å²) in [6.07, 6.45) is 2.26. The van der Waals surface area contributed by atoms with Gasteiger partial charge >= 0.3 is 35.9 Å². The average Bonchev–Trinajstić information content (AvgIpc) is 3.94. The van der Waals surface area contributed by atoms with E-state index in [2.05, 4.69) is 15.4 Å². The molecule has 1 heterocycles. The molecule has 280 valence electrons. The third-order valence-corrected chi connectivity index (χ3v) is 6.25. The van der Waals surface area contributed by atoms with Gasteiger partial charge in [0.25, 0.3) is 11.4 Å². The molecule has 0 spiro atoms. The number of hydrogen-bond donors (Lipinski definition) is 4. The molecule has 1 saturated heterocycles. The van der Waals surface area contributed by atoms with Crippen LogP contribution in [0.1, 0.15) is 59.8 Å². The Morgan fingerprint density at radius 2 is 1.35 bits per heavy atom. The minimum Gasteiger partial charge on any atom is -0.481 e. The number of carboxylic acids is 2. The monoisotopic (exact) mass is 732 g/mol. The predicted octanol–water partition coefficient (Wildman–Crippen LogP) is 3.60. The van der Waals surface area contributed by atoms with Crippen LogP contribution in [0.5, 0.6) is 0 Å². The summed E-state index contributed by atoms with van der Waals surface area (Å²) in [6.45, 7) is 2.36. The van der Waals surface area contributed by atoms with Gasteiger partial charge in [-0.15, -0.1) is 0 Å². The summed E-state index contributed by atoms with van der Waals surface area (Å²) in [5.74, 6) is -4.92. The molecule has 3 fully saturated rings. The molecular formula is C31H36N6O15. The second kappa shape index (κ2) is 20.0. The summed E-state index contributed by atoms with van der Waals surface area (Å²) >= 11 is 0. The van der Waals surface area contributed by atoms with E-state index in [1.165, 1.54) is 50.2 Å². The predicted molar refractivity (Wildman–Crippen MR) is 178 cm³/mol. The number of esters is 2. The number of hydrogen-bond acceptors (Lipinski definition) is 13. The molecule has 0 unspecified atom stereocenters. The Balaban J connectivity index is 0.000000385. The molecule has 0 radical (unpaired) electrons. The molecule has 4 N–H and O–H groups in total. The van der Waals surface area contributed by atoms with Crippen LogP contribution in [0.25, 0.3) is 0 Å². The summed E-state index contributed by atoms with van der Waals surface area (Å²) in [4.78, 5) is 108. The minimum atomic E-state index is -1.31. The van der Waals surface area contributed by atoms with Crippen molar-refractivity contribution in [2.75, 3.05) is 10.2 Å². The molecule has 6 amide bonds. The van der Waals surface area contributed by atoms with Crippen LogP contribution in [-0.2, 0) is 33.5 Å². The first-order chi connectivity index (χ1) is 23.9. The summed E-state index contributed by atoms with van der Waals surface area (Å²) < 4.78 is 3.97. The highest BCUT2D eigenvalue weighted by atomic mass is 16.6. The maximum atomic E-state index is 12.3. The smallest absolute Gasteiger partial charge is 0.338 e. The molecule has 3 aliphatic rings. The van der Waals surface area contributed by atoms with Gasteiger partial charge in [-0.05, 0) is 37.8 Å². The third kappa shape index (κ3) is 15.2. The molecule has 2 saturated carbocycles. The van der Waals surface area contributed by atoms with Crippen molar-refractivity contribution in [3.05, 3.63) is 68.8 Å². The van der Waals surface area contributed by atoms with Crippen molar-refractivity contribution in [3.63, 3.8) is 0 Å². The van der Waals surface area contributed by atoms with Crippen molar-refractivity contribution in [2.45, 2.75) is 71.9 Å². The number of nitrogens with zero attached hydrogens (tertiary/aromatic N) is 4. The van der Waals surface area contributed by atoms with Crippen molar-refractivity contribution in [2.24, 2.45) is 0 Å². The number of barbiturate groups is 1. The first kappa shape index (κ1) is 43.2. The van der Waals surface area contributed by atoms with Gasteiger partial charge in [-0.2, -0.15) is 0 Å². The molecule has 21 nitrogen and oxygen atoms in total. The number of nitrogens with one attached hydrogen (secondary N) is 2. The number of benzene rings is 2. The highest BCUT2D eigenvalue weighted by Gasteiger charge is 2.46. The van der Waals surface area contributed by atoms with Crippen molar-refractivity contribution in [1.82, 2.24) is 10.2 Å². The van der Waals surface area contributed by atoms with E-state index in [1.807, 2.05) is 0 Å². The molecule has 2 aliphatic carbocycles. The molecule has 2 aromatic rings. The number of carboxylic acid groups (broad SMARTS) is 2. The number of rotatable bonds is 8. The quantitative estimate of drug-likeness (QED) is 0.130. The van der Waals surface area contributed by atoms with Crippen LogP contribution in [-0.4, -0.2) is 84.8 Å². The van der Waals surface area contributed by atoms with Gasteiger partial charge in [0.1, 0.15) is 12.8 Å². The number of amides is 6. The Kier molecular flexibility index (Phi) is 16.6. The molecule has 21 heteroatoms. The number of non-ortho nitro benzene ring substituents is 2. The van der Waals surface area contributed by atoms with Crippen LogP contribution in [0.15, 0.2) is 48.5 Å². The summed E-state index contributed by atoms with van der Waals surface area (Å²) in [5.41, 5.74) is 0.275. The highest BCUT2D eigenvalue weighted by Crippen LogP contribution is 2.33. The number of ether oxygens (including phenoxy) is 1. The fourth-order valence-electron chi connectivity index (χ4n) is 3.92. The van der Waals surface area contributed by atoms with Gasteiger partial charge in [0.15, 0.2) is 0 Å². The lowest BCUT2D eigenvalue weighted by Crippen LogP contribution is -2.56. The van der Waals surface area contributed by atoms with E-state index in [0.29, 0.717) is 5.69 Å². The standard InChI is InChI=1S/C13H11N3O5.C10H11N3O3.C4H6O3.C3H4O4.CH4/c17-11-7-12(18)15(13(19)14(11)8-4-5-8)9-2-1-3-10(6-9)16(20)21;14-10(11-7-4-5-7)12-8-2-1-3-9(6-8)13(15)16;1-3(5)7-4(2)6;4-2(5)1-3(6)7;/h1-3,6,8H,4-5,7H2;1-3,6-7H,4-5H2,(H2,11,12,14);1-2H3;1H2,(H,4,5)(H,6,7);1H4. The number of nitro groups is 2. The van der Waals surface area contributed by atoms with Gasteiger partial charge in [0, 0.05) is 55.9 Å². The Hall–Kier alpha value is -6.80. The first-order valence-corrected chi connectivity index (χ1v) is 14.8. The highest BCUT2D eigenvalue weighted by molar-refractivity contribution is 6.26. The Labute approximate surface area is 294 Å². The summed E-state index contributed by atoms with van der Waals surface area (Å²) in [6, 6.07) is 10.2. The van der Waals surface area contributed by atoms with Gasteiger partial charge in [-0.1, -0.05) is 19.6 Å². The summed E-state index contributed by atoms with van der Waals surface area (Å²) in [7, 11) is 0. The van der Waals surface area contributed by atoms with E-state index in [0.717, 1.165) is 41.5 Å². The number of aliphatic carboxylic acids is 2. The van der Waals surface area contributed by atoms with Crippen molar-refractivity contribution in [3.8, 4) is 0 Å². The number of carbonyl (C=O) groups excluding carboxylic acids is 6. The van der Waals surface area contributed by atoms with Crippen molar-refractivity contribution < 1.29 is 63.2 Å². The fourth-order valence-corrected chi connectivity index (χ4v) is 3.92. The SMILES string of the molecule is C.CC(=O)OC(C)=O.O=C(Nc1cccc([N+](=O)[O-])c1)NC1CC1.O=C(O)CC(=O)O.O=C1CC(=O)N(C2CC2)C(=O)N1c1cccc([N+](=O)[O-])c1. The Morgan fingerprint density at radius 1 is 0.827 bits per heavy atom. The van der Waals surface area contributed by atoms with E-state index >= 15 is 0 Å². The van der Waals surface area contributed by atoms with E-state index in [4.69, 9.17) is 10.2 Å². The average molecular weight is 733 g/mol. The molecular weight excluding hydrogens is 696 g/mol. The number of nitro benzene ring substituents is 2. The zero-order valence-corrected chi connectivity index (χ0v) is 27.0. The minimum absolute atomic E-state index is 0. The summed E-state index contributed by atoms with van der Waals surface area (Å²) in [5, 5.41) is 42.0. The van der Waals surface area contributed by atoms with Crippen LogP contribution in [0.3, 0.4) is 0 Å². The second-order valence-electron chi connectivity index (χ2n) is 10.7. The second-order valence-corrected chi connectivity index (χ2v) is 10.7. The number of imide groups is 2. The molecule has 0 bridgehead atoms.